The number of nitrogens with two attached hydrogens (primary N) is 1. The average Bonchev–Trinajstić information content (AvgIpc) is 2.49. The van der Waals surface area contributed by atoms with Crippen LogP contribution in [0.2, 0.25) is 5.02 Å². The molecule has 1 amide bonds. The van der Waals surface area contributed by atoms with Crippen LogP contribution in [0.15, 0.2) is 36.4 Å². The van der Waals surface area contributed by atoms with Crippen LogP contribution in [0.5, 0.6) is 5.75 Å². The maximum absolute atomic E-state index is 12.0. The van der Waals surface area contributed by atoms with E-state index >= 15 is 0 Å². The van der Waals surface area contributed by atoms with Gasteiger partial charge in [-0.05, 0) is 48.7 Å². The number of rotatable bonds is 5. The van der Waals surface area contributed by atoms with Crippen LogP contribution in [0.25, 0.3) is 0 Å². The van der Waals surface area contributed by atoms with Crippen LogP contribution < -0.4 is 15.8 Å². The maximum Gasteiger partial charge on any atom is 0.224 e. The molecule has 0 atom stereocenters. The van der Waals surface area contributed by atoms with E-state index in [0.717, 1.165) is 11.1 Å². The Bertz CT molecular complexity index is 686. The van der Waals surface area contributed by atoms with Gasteiger partial charge >= 0.3 is 0 Å². The molecule has 22 heavy (non-hydrogen) atoms. The monoisotopic (exact) mass is 318 g/mol. The molecular formula is C17H19ClN2O2. The zero-order valence-corrected chi connectivity index (χ0v) is 13.4. The fraction of sp³-hybridized carbons (Fsp3) is 0.235. The third-order valence-electron chi connectivity index (χ3n) is 3.39. The van der Waals surface area contributed by atoms with E-state index in [1.807, 2.05) is 37.3 Å². The number of carbonyl (C=O) groups is 1. The molecule has 2 rings (SSSR count). The third kappa shape index (κ3) is 4.15. The Labute approximate surface area is 135 Å². The number of anilines is 2. The first-order valence-electron chi connectivity index (χ1n) is 6.98. The smallest absolute Gasteiger partial charge is 0.224 e. The fourth-order valence-electron chi connectivity index (χ4n) is 2.09. The summed E-state index contributed by atoms with van der Waals surface area (Å²) in [5, 5.41) is 3.48. The third-order valence-corrected chi connectivity index (χ3v) is 3.80. The normalized spacial score (nSPS) is 10.3. The number of carbonyl (C=O) groups excluding carboxylic acids is 1. The molecule has 0 aliphatic carbocycles. The maximum atomic E-state index is 12.0. The molecule has 2 aromatic carbocycles. The summed E-state index contributed by atoms with van der Waals surface area (Å²) in [6.45, 7) is 1.92. The highest BCUT2D eigenvalue weighted by molar-refractivity contribution is 6.31. The van der Waals surface area contributed by atoms with Gasteiger partial charge in [0.2, 0.25) is 5.91 Å². The molecular weight excluding hydrogens is 300 g/mol. The van der Waals surface area contributed by atoms with Crippen LogP contribution >= 0.6 is 11.6 Å². The standard InChI is InChI=1S/C17H19ClN2O2/c1-11-3-6-13(10-14(11)18)20-17(21)8-5-12-4-7-16(22-2)15(19)9-12/h3-4,6-7,9-10H,5,8,19H2,1-2H3,(H,20,21). The number of nitrogens with one attached hydrogen (secondary N) is 1. The minimum Gasteiger partial charge on any atom is -0.495 e. The van der Waals surface area contributed by atoms with Gasteiger partial charge in [-0.3, -0.25) is 4.79 Å². The summed E-state index contributed by atoms with van der Waals surface area (Å²) in [6.07, 6.45) is 0.983. The Morgan fingerprint density at radius 1 is 1.27 bits per heavy atom. The topological polar surface area (TPSA) is 64.3 Å². The van der Waals surface area contributed by atoms with E-state index in [-0.39, 0.29) is 5.91 Å². The molecule has 0 aliphatic rings. The number of halogens is 1. The van der Waals surface area contributed by atoms with Gasteiger partial charge in [0.05, 0.1) is 12.8 Å². The summed E-state index contributed by atoms with van der Waals surface area (Å²) in [6, 6.07) is 11.0. The number of benzene rings is 2. The van der Waals surface area contributed by atoms with Crippen molar-refractivity contribution < 1.29 is 9.53 Å². The average molecular weight is 319 g/mol. The molecule has 0 saturated heterocycles. The number of aryl methyl sites for hydroxylation is 2. The van der Waals surface area contributed by atoms with Crippen molar-refractivity contribution in [1.82, 2.24) is 0 Å². The lowest BCUT2D eigenvalue weighted by atomic mass is 10.1. The Kier molecular flexibility index (Phi) is 5.28. The lowest BCUT2D eigenvalue weighted by Crippen LogP contribution is -2.12. The van der Waals surface area contributed by atoms with Crippen molar-refractivity contribution in [2.75, 3.05) is 18.2 Å². The van der Waals surface area contributed by atoms with Gasteiger partial charge < -0.3 is 15.8 Å². The Morgan fingerprint density at radius 2 is 2.05 bits per heavy atom. The first-order chi connectivity index (χ1) is 10.5. The molecule has 116 valence electrons. The molecule has 0 fully saturated rings. The van der Waals surface area contributed by atoms with Crippen LogP contribution in [0.3, 0.4) is 0 Å². The van der Waals surface area contributed by atoms with E-state index in [2.05, 4.69) is 5.32 Å². The second kappa shape index (κ2) is 7.18. The first kappa shape index (κ1) is 16.2. The van der Waals surface area contributed by atoms with E-state index in [9.17, 15) is 4.79 Å². The zero-order chi connectivity index (χ0) is 16.1. The lowest BCUT2D eigenvalue weighted by molar-refractivity contribution is -0.116. The van der Waals surface area contributed by atoms with Crippen molar-refractivity contribution in [3.05, 3.63) is 52.5 Å². The summed E-state index contributed by atoms with van der Waals surface area (Å²) in [7, 11) is 1.57. The van der Waals surface area contributed by atoms with E-state index in [0.29, 0.717) is 35.0 Å². The van der Waals surface area contributed by atoms with Crippen molar-refractivity contribution in [2.24, 2.45) is 0 Å². The summed E-state index contributed by atoms with van der Waals surface area (Å²) < 4.78 is 5.11. The van der Waals surface area contributed by atoms with Crippen LogP contribution in [0.1, 0.15) is 17.5 Å². The first-order valence-corrected chi connectivity index (χ1v) is 7.36. The molecule has 4 nitrogen and oxygen atoms in total. The van der Waals surface area contributed by atoms with Gasteiger partial charge in [-0.25, -0.2) is 0 Å². The Morgan fingerprint density at radius 3 is 2.68 bits per heavy atom. The highest BCUT2D eigenvalue weighted by Gasteiger charge is 2.06. The number of nitrogen functional groups attached to an aromatic ring is 1. The van der Waals surface area contributed by atoms with E-state index < -0.39 is 0 Å². The van der Waals surface area contributed by atoms with Gasteiger partial charge in [0.15, 0.2) is 0 Å². The summed E-state index contributed by atoms with van der Waals surface area (Å²) >= 11 is 6.04. The van der Waals surface area contributed by atoms with Crippen molar-refractivity contribution in [1.29, 1.82) is 0 Å². The van der Waals surface area contributed by atoms with Gasteiger partial charge in [-0.15, -0.1) is 0 Å². The minimum absolute atomic E-state index is 0.0608. The molecule has 0 bridgehead atoms. The van der Waals surface area contributed by atoms with Gasteiger partial charge in [-0.1, -0.05) is 23.7 Å². The number of amides is 1. The van der Waals surface area contributed by atoms with E-state index in [1.165, 1.54) is 0 Å². The Hall–Kier alpha value is -2.20. The van der Waals surface area contributed by atoms with Crippen LogP contribution in [-0.2, 0) is 11.2 Å². The minimum atomic E-state index is -0.0608. The molecule has 0 aromatic heterocycles. The van der Waals surface area contributed by atoms with E-state index in [1.54, 1.807) is 13.2 Å². The van der Waals surface area contributed by atoms with E-state index in [4.69, 9.17) is 22.1 Å². The van der Waals surface area contributed by atoms with Gasteiger partial charge in [0.25, 0.3) is 0 Å². The lowest BCUT2D eigenvalue weighted by Gasteiger charge is -2.08. The number of hydrogen-bond donors (Lipinski definition) is 2. The number of ether oxygens (including phenoxy) is 1. The van der Waals surface area contributed by atoms with Crippen LogP contribution in [-0.4, -0.2) is 13.0 Å². The number of hydrogen-bond acceptors (Lipinski definition) is 3. The molecule has 0 aliphatic heterocycles. The van der Waals surface area contributed by atoms with Crippen molar-refractivity contribution in [3.8, 4) is 5.75 Å². The molecule has 0 saturated carbocycles. The largest absolute Gasteiger partial charge is 0.495 e. The molecule has 2 aromatic rings. The summed E-state index contributed by atoms with van der Waals surface area (Å²) in [5.74, 6) is 0.580. The van der Waals surface area contributed by atoms with Crippen molar-refractivity contribution >= 4 is 28.9 Å². The van der Waals surface area contributed by atoms with Crippen molar-refractivity contribution in [2.45, 2.75) is 19.8 Å². The zero-order valence-electron chi connectivity index (χ0n) is 12.7. The quantitative estimate of drug-likeness (QED) is 0.824. The molecule has 0 unspecified atom stereocenters. The molecule has 0 spiro atoms. The summed E-state index contributed by atoms with van der Waals surface area (Å²) in [5.41, 5.74) is 9.11. The Balaban J connectivity index is 1.92. The number of methoxy groups -OCH3 is 1. The summed E-state index contributed by atoms with van der Waals surface area (Å²) in [4.78, 5) is 12.0. The molecule has 5 heteroatoms. The van der Waals surface area contributed by atoms with Crippen LogP contribution in [0, 0.1) is 6.92 Å². The second-order valence-corrected chi connectivity index (χ2v) is 5.50. The van der Waals surface area contributed by atoms with Gasteiger partial charge in [0.1, 0.15) is 5.75 Å². The molecule has 0 heterocycles. The van der Waals surface area contributed by atoms with Crippen molar-refractivity contribution in [3.63, 3.8) is 0 Å². The van der Waals surface area contributed by atoms with Gasteiger partial charge in [0, 0.05) is 17.1 Å². The highest BCUT2D eigenvalue weighted by atomic mass is 35.5. The highest BCUT2D eigenvalue weighted by Crippen LogP contribution is 2.23. The predicted octanol–water partition coefficient (Wildman–Crippen LogP) is 3.81. The fourth-order valence-corrected chi connectivity index (χ4v) is 2.27. The molecule has 0 radical (unpaired) electrons. The van der Waals surface area contributed by atoms with Crippen LogP contribution in [0.4, 0.5) is 11.4 Å². The SMILES string of the molecule is COc1ccc(CCC(=O)Nc2ccc(C)c(Cl)c2)cc1N. The molecule has 3 N–H and O–H groups in total. The second-order valence-electron chi connectivity index (χ2n) is 5.09. The predicted molar refractivity (Wildman–Crippen MR) is 90.5 cm³/mol. The van der Waals surface area contributed by atoms with Gasteiger partial charge in [-0.2, -0.15) is 0 Å².